The molecule has 0 aromatic carbocycles. The molecule has 1 heterocycles. The van der Waals surface area contributed by atoms with Gasteiger partial charge in [-0.15, -0.1) is 11.3 Å². The molecule has 1 atom stereocenters. The van der Waals surface area contributed by atoms with Crippen LogP contribution in [0.4, 0.5) is 0 Å². The Labute approximate surface area is 95.7 Å². The first-order valence-corrected chi connectivity index (χ1v) is 6.00. The van der Waals surface area contributed by atoms with E-state index in [1.54, 1.807) is 11.3 Å². The molecule has 1 rings (SSSR count). The molecule has 0 fully saturated rings. The van der Waals surface area contributed by atoms with Gasteiger partial charge in [0.1, 0.15) is 0 Å². The van der Waals surface area contributed by atoms with Gasteiger partial charge in [-0.3, -0.25) is 0 Å². The maximum absolute atomic E-state index is 9.28. The summed E-state index contributed by atoms with van der Waals surface area (Å²) in [5.74, 6) is 0. The van der Waals surface area contributed by atoms with Crippen molar-refractivity contribution in [2.24, 2.45) is 0 Å². The average molecular weight is 228 g/mol. The first-order chi connectivity index (χ1) is 7.13. The molecule has 4 heteroatoms. The average Bonchev–Trinajstić information content (AvgIpc) is 2.59. The van der Waals surface area contributed by atoms with Crippen molar-refractivity contribution in [3.05, 3.63) is 21.9 Å². The van der Waals surface area contributed by atoms with Gasteiger partial charge < -0.3 is 15.3 Å². The molecule has 1 unspecified atom stereocenters. The lowest BCUT2D eigenvalue weighted by molar-refractivity contribution is 0.242. The van der Waals surface area contributed by atoms with Crippen molar-refractivity contribution in [2.75, 3.05) is 33.8 Å². The molecule has 0 bridgehead atoms. The zero-order chi connectivity index (χ0) is 11.3. The van der Waals surface area contributed by atoms with E-state index in [0.717, 1.165) is 13.1 Å². The smallest absolute Gasteiger partial charge is 0.0650 e. The SMILES string of the molecule is Cc1ccc(C(CO)NCCN(C)C)s1. The highest BCUT2D eigenvalue weighted by Gasteiger charge is 2.11. The second kappa shape index (κ2) is 6.23. The number of aryl methyl sites for hydroxylation is 1. The summed E-state index contributed by atoms with van der Waals surface area (Å²) in [7, 11) is 4.09. The van der Waals surface area contributed by atoms with Gasteiger partial charge in [0.15, 0.2) is 0 Å². The van der Waals surface area contributed by atoms with Crippen LogP contribution in [0.1, 0.15) is 15.8 Å². The molecule has 0 saturated heterocycles. The van der Waals surface area contributed by atoms with E-state index in [4.69, 9.17) is 0 Å². The highest BCUT2D eigenvalue weighted by Crippen LogP contribution is 2.22. The Morgan fingerprint density at radius 1 is 1.47 bits per heavy atom. The summed E-state index contributed by atoms with van der Waals surface area (Å²) in [5, 5.41) is 12.6. The van der Waals surface area contributed by atoms with E-state index in [0.29, 0.717) is 0 Å². The Morgan fingerprint density at radius 2 is 2.20 bits per heavy atom. The van der Waals surface area contributed by atoms with Gasteiger partial charge in [-0.2, -0.15) is 0 Å². The van der Waals surface area contributed by atoms with Crippen LogP contribution < -0.4 is 5.32 Å². The largest absolute Gasteiger partial charge is 0.394 e. The molecule has 0 radical (unpaired) electrons. The molecule has 0 amide bonds. The van der Waals surface area contributed by atoms with Gasteiger partial charge >= 0.3 is 0 Å². The summed E-state index contributed by atoms with van der Waals surface area (Å²) in [6.45, 7) is 4.13. The third kappa shape index (κ3) is 4.30. The van der Waals surface area contributed by atoms with Crippen LogP contribution in [0, 0.1) is 6.92 Å². The summed E-state index contributed by atoms with van der Waals surface area (Å²) in [5.41, 5.74) is 0. The van der Waals surface area contributed by atoms with Crippen LogP contribution in [0.25, 0.3) is 0 Å². The quantitative estimate of drug-likeness (QED) is 0.769. The molecule has 0 aliphatic carbocycles. The maximum atomic E-state index is 9.28. The van der Waals surface area contributed by atoms with Crippen molar-refractivity contribution < 1.29 is 5.11 Å². The van der Waals surface area contributed by atoms with E-state index in [2.05, 4.69) is 29.3 Å². The van der Waals surface area contributed by atoms with Gasteiger partial charge in [-0.1, -0.05) is 0 Å². The summed E-state index contributed by atoms with van der Waals surface area (Å²) in [4.78, 5) is 4.63. The standard InChI is InChI=1S/C11H20N2OS/c1-9-4-5-11(15-9)10(8-14)12-6-7-13(2)3/h4-5,10,12,14H,6-8H2,1-3H3. The Balaban J connectivity index is 2.42. The highest BCUT2D eigenvalue weighted by molar-refractivity contribution is 7.12. The van der Waals surface area contributed by atoms with Crippen LogP contribution >= 0.6 is 11.3 Å². The van der Waals surface area contributed by atoms with Crippen LogP contribution in [0.2, 0.25) is 0 Å². The van der Waals surface area contributed by atoms with E-state index < -0.39 is 0 Å². The van der Waals surface area contributed by atoms with Crippen LogP contribution in [-0.2, 0) is 0 Å². The minimum atomic E-state index is 0.0867. The zero-order valence-corrected chi connectivity index (χ0v) is 10.5. The number of hydrogen-bond acceptors (Lipinski definition) is 4. The number of thiophene rings is 1. The fraction of sp³-hybridized carbons (Fsp3) is 0.636. The fourth-order valence-electron chi connectivity index (χ4n) is 1.36. The number of nitrogens with zero attached hydrogens (tertiary/aromatic N) is 1. The normalized spacial score (nSPS) is 13.4. The second-order valence-electron chi connectivity index (χ2n) is 3.94. The van der Waals surface area contributed by atoms with Crippen molar-refractivity contribution >= 4 is 11.3 Å². The number of rotatable bonds is 6. The molecule has 3 nitrogen and oxygen atoms in total. The fourth-order valence-corrected chi connectivity index (χ4v) is 2.30. The minimum Gasteiger partial charge on any atom is -0.394 e. The van der Waals surface area contributed by atoms with Crippen LogP contribution in [0.15, 0.2) is 12.1 Å². The molecule has 86 valence electrons. The van der Waals surface area contributed by atoms with Crippen molar-refractivity contribution in [2.45, 2.75) is 13.0 Å². The molecule has 0 aliphatic heterocycles. The van der Waals surface area contributed by atoms with Crippen LogP contribution in [0.3, 0.4) is 0 Å². The van der Waals surface area contributed by atoms with Gasteiger partial charge in [0.25, 0.3) is 0 Å². The predicted molar refractivity (Wildman–Crippen MR) is 65.4 cm³/mol. The highest BCUT2D eigenvalue weighted by atomic mass is 32.1. The van der Waals surface area contributed by atoms with Gasteiger partial charge in [0, 0.05) is 22.8 Å². The Bertz CT molecular complexity index is 286. The number of hydrogen-bond donors (Lipinski definition) is 2. The van der Waals surface area contributed by atoms with Gasteiger partial charge in [-0.25, -0.2) is 0 Å². The lowest BCUT2D eigenvalue weighted by atomic mass is 10.2. The molecule has 0 saturated carbocycles. The van der Waals surface area contributed by atoms with Crippen LogP contribution in [0.5, 0.6) is 0 Å². The minimum absolute atomic E-state index is 0.0867. The summed E-state index contributed by atoms with van der Waals surface area (Å²) >= 11 is 1.74. The molecule has 2 N–H and O–H groups in total. The molecular formula is C11H20N2OS. The zero-order valence-electron chi connectivity index (χ0n) is 9.66. The van der Waals surface area contributed by atoms with E-state index in [1.807, 2.05) is 14.1 Å². The Hall–Kier alpha value is -0.420. The third-order valence-corrected chi connectivity index (χ3v) is 3.35. The maximum Gasteiger partial charge on any atom is 0.0650 e. The van der Waals surface area contributed by atoms with Gasteiger partial charge in [0.05, 0.1) is 12.6 Å². The molecule has 15 heavy (non-hydrogen) atoms. The lowest BCUT2D eigenvalue weighted by Gasteiger charge is -2.16. The number of aliphatic hydroxyl groups excluding tert-OH is 1. The monoisotopic (exact) mass is 228 g/mol. The van der Waals surface area contributed by atoms with Crippen molar-refractivity contribution in [1.82, 2.24) is 10.2 Å². The second-order valence-corrected chi connectivity index (χ2v) is 5.26. The first kappa shape index (κ1) is 12.6. The summed E-state index contributed by atoms with van der Waals surface area (Å²) in [6, 6.07) is 4.27. The molecule has 1 aromatic rings. The van der Waals surface area contributed by atoms with E-state index in [9.17, 15) is 5.11 Å². The molecule has 0 aliphatic rings. The predicted octanol–water partition coefficient (Wildman–Crippen LogP) is 1.24. The van der Waals surface area contributed by atoms with E-state index in [-0.39, 0.29) is 12.6 Å². The van der Waals surface area contributed by atoms with E-state index >= 15 is 0 Å². The van der Waals surface area contributed by atoms with Crippen molar-refractivity contribution in [3.8, 4) is 0 Å². The van der Waals surface area contributed by atoms with Crippen LogP contribution in [-0.4, -0.2) is 43.8 Å². The van der Waals surface area contributed by atoms with Gasteiger partial charge in [0.2, 0.25) is 0 Å². The topological polar surface area (TPSA) is 35.5 Å². The molecular weight excluding hydrogens is 208 g/mol. The Morgan fingerprint density at radius 3 is 2.67 bits per heavy atom. The number of aliphatic hydroxyl groups is 1. The lowest BCUT2D eigenvalue weighted by Crippen LogP contribution is -2.31. The van der Waals surface area contributed by atoms with Gasteiger partial charge in [-0.05, 0) is 33.2 Å². The van der Waals surface area contributed by atoms with E-state index in [1.165, 1.54) is 9.75 Å². The van der Waals surface area contributed by atoms with Crippen molar-refractivity contribution in [1.29, 1.82) is 0 Å². The number of likely N-dealkylation sites (N-methyl/N-ethyl adjacent to an activating group) is 1. The molecule has 0 spiro atoms. The number of nitrogens with one attached hydrogen (secondary N) is 1. The Kier molecular flexibility index (Phi) is 5.25. The molecule has 1 aromatic heterocycles. The third-order valence-electron chi connectivity index (χ3n) is 2.24. The summed E-state index contributed by atoms with van der Waals surface area (Å²) < 4.78 is 0. The summed E-state index contributed by atoms with van der Waals surface area (Å²) in [6.07, 6.45) is 0. The van der Waals surface area contributed by atoms with Crippen molar-refractivity contribution in [3.63, 3.8) is 0 Å². The first-order valence-electron chi connectivity index (χ1n) is 5.18.